The number of carbonyl (C=O) groups is 2. The average Bonchev–Trinajstić information content (AvgIpc) is 2.61. The summed E-state index contributed by atoms with van der Waals surface area (Å²) in [4.78, 5) is 49.8. The summed E-state index contributed by atoms with van der Waals surface area (Å²) in [6.07, 6.45) is 0.943. The van der Waals surface area contributed by atoms with Crippen LogP contribution in [0, 0.1) is 20.2 Å². The van der Waals surface area contributed by atoms with Gasteiger partial charge in [0.15, 0.2) is 0 Å². The number of primary amides is 1. The van der Waals surface area contributed by atoms with Gasteiger partial charge >= 0.3 is 11.7 Å². The molecule has 0 bridgehead atoms. The highest BCUT2D eigenvalue weighted by molar-refractivity contribution is 5.98. The Bertz CT molecular complexity index is 791. The van der Waals surface area contributed by atoms with E-state index in [0.29, 0.717) is 13.0 Å². The normalized spacial score (nSPS) is 17.4. The number of ether oxygens (including phenoxy) is 1. The fourth-order valence-electron chi connectivity index (χ4n) is 2.99. The van der Waals surface area contributed by atoms with Crippen molar-refractivity contribution in [2.24, 2.45) is 5.73 Å². The number of carbonyl (C=O) groups excluding carboxylic acids is 2. The van der Waals surface area contributed by atoms with E-state index in [0.717, 1.165) is 12.8 Å². The third-order valence-corrected chi connectivity index (χ3v) is 4.23. The van der Waals surface area contributed by atoms with Gasteiger partial charge in [-0.15, -0.1) is 10.1 Å². The number of nitro groups is 1. The van der Waals surface area contributed by atoms with E-state index in [1.54, 1.807) is 0 Å². The van der Waals surface area contributed by atoms with E-state index in [9.17, 15) is 29.8 Å². The minimum Gasteiger partial charge on any atom is -0.417 e. The van der Waals surface area contributed by atoms with Gasteiger partial charge in [0, 0.05) is 12.0 Å². The SMILES string of the molecule is CC(Cc1ccc(C(N)=O)c(OC(=O)C2CCCCN2)c1[N+](=O)[O-])O[N+](=O)[O-]. The lowest BCUT2D eigenvalue weighted by Crippen LogP contribution is -2.42. The molecule has 0 spiro atoms. The number of hydrogen-bond donors (Lipinski definition) is 2. The van der Waals surface area contributed by atoms with Gasteiger partial charge in [-0.2, -0.15) is 0 Å². The molecule has 1 fully saturated rings. The summed E-state index contributed by atoms with van der Waals surface area (Å²) < 4.78 is 5.22. The van der Waals surface area contributed by atoms with Crippen molar-refractivity contribution < 1.29 is 29.2 Å². The second-order valence-electron chi connectivity index (χ2n) is 6.34. The van der Waals surface area contributed by atoms with Crippen LogP contribution in [0.2, 0.25) is 0 Å². The van der Waals surface area contributed by atoms with Gasteiger partial charge in [-0.3, -0.25) is 14.9 Å². The molecule has 1 aliphatic heterocycles. The molecule has 0 saturated carbocycles. The van der Waals surface area contributed by atoms with Gasteiger partial charge in [0.2, 0.25) is 5.75 Å². The van der Waals surface area contributed by atoms with Crippen LogP contribution in [0.15, 0.2) is 12.1 Å². The Morgan fingerprint density at radius 1 is 1.32 bits per heavy atom. The van der Waals surface area contributed by atoms with Gasteiger partial charge in [-0.25, -0.2) is 4.79 Å². The van der Waals surface area contributed by atoms with Gasteiger partial charge in [0.25, 0.3) is 11.0 Å². The average molecular weight is 396 g/mol. The molecule has 2 unspecified atom stereocenters. The van der Waals surface area contributed by atoms with Gasteiger partial charge in [-0.1, -0.05) is 12.5 Å². The molecule has 1 aliphatic rings. The third-order valence-electron chi connectivity index (χ3n) is 4.23. The minimum atomic E-state index is -1.01. The molecule has 12 heteroatoms. The van der Waals surface area contributed by atoms with Crippen LogP contribution in [-0.4, -0.2) is 40.6 Å². The molecular weight excluding hydrogens is 376 g/mol. The van der Waals surface area contributed by atoms with E-state index in [4.69, 9.17) is 10.5 Å². The first kappa shape index (κ1) is 21.0. The molecule has 1 heterocycles. The van der Waals surface area contributed by atoms with E-state index in [-0.39, 0.29) is 17.5 Å². The maximum absolute atomic E-state index is 12.4. The number of nitrogens with one attached hydrogen (secondary N) is 1. The van der Waals surface area contributed by atoms with Crippen LogP contribution in [0.1, 0.15) is 42.1 Å². The molecule has 3 N–H and O–H groups in total. The first-order chi connectivity index (χ1) is 13.2. The van der Waals surface area contributed by atoms with E-state index in [1.807, 2.05) is 0 Å². The molecule has 12 nitrogen and oxygen atoms in total. The fraction of sp³-hybridized carbons (Fsp3) is 0.500. The van der Waals surface area contributed by atoms with Crippen LogP contribution in [-0.2, 0) is 16.1 Å². The molecule has 28 heavy (non-hydrogen) atoms. The topological polar surface area (TPSA) is 177 Å². The van der Waals surface area contributed by atoms with Crippen molar-refractivity contribution in [2.75, 3.05) is 6.54 Å². The van der Waals surface area contributed by atoms with Crippen molar-refractivity contribution in [1.82, 2.24) is 5.32 Å². The van der Waals surface area contributed by atoms with Crippen molar-refractivity contribution in [3.8, 4) is 5.75 Å². The molecular formula is C16H20N4O8. The van der Waals surface area contributed by atoms with Gasteiger partial charge in [-0.05, 0) is 32.4 Å². The second kappa shape index (κ2) is 9.08. The molecule has 2 rings (SSSR count). The Morgan fingerprint density at radius 3 is 2.57 bits per heavy atom. The predicted molar refractivity (Wildman–Crippen MR) is 94.1 cm³/mol. The highest BCUT2D eigenvalue weighted by Crippen LogP contribution is 2.36. The van der Waals surface area contributed by atoms with E-state index < -0.39 is 45.5 Å². The first-order valence-corrected chi connectivity index (χ1v) is 8.57. The van der Waals surface area contributed by atoms with Gasteiger partial charge in [0.1, 0.15) is 12.1 Å². The number of nitrogens with zero attached hydrogens (tertiary/aromatic N) is 2. The zero-order valence-corrected chi connectivity index (χ0v) is 15.1. The van der Waals surface area contributed by atoms with E-state index in [1.165, 1.54) is 19.1 Å². The molecule has 0 radical (unpaired) electrons. The fourth-order valence-corrected chi connectivity index (χ4v) is 2.99. The maximum Gasteiger partial charge on any atom is 0.328 e. The number of rotatable bonds is 8. The number of benzene rings is 1. The first-order valence-electron chi connectivity index (χ1n) is 8.57. The molecule has 1 saturated heterocycles. The minimum absolute atomic E-state index is 0.00348. The predicted octanol–water partition coefficient (Wildman–Crippen LogP) is 0.881. The zero-order chi connectivity index (χ0) is 20.8. The summed E-state index contributed by atoms with van der Waals surface area (Å²) in [6, 6.07) is 1.75. The number of esters is 1. The monoisotopic (exact) mass is 396 g/mol. The molecule has 2 atom stereocenters. The molecule has 1 amide bonds. The van der Waals surface area contributed by atoms with Crippen molar-refractivity contribution in [3.05, 3.63) is 43.5 Å². The smallest absolute Gasteiger partial charge is 0.328 e. The number of hydrogen-bond acceptors (Lipinski definition) is 9. The third kappa shape index (κ3) is 5.13. The lowest BCUT2D eigenvalue weighted by molar-refractivity contribution is -0.767. The number of piperidine rings is 1. The summed E-state index contributed by atoms with van der Waals surface area (Å²) >= 11 is 0. The highest BCUT2D eigenvalue weighted by Gasteiger charge is 2.32. The Morgan fingerprint density at radius 2 is 2.04 bits per heavy atom. The molecule has 1 aromatic rings. The lowest BCUT2D eigenvalue weighted by atomic mass is 10.0. The van der Waals surface area contributed by atoms with Crippen LogP contribution in [0.5, 0.6) is 5.75 Å². The maximum atomic E-state index is 12.4. The van der Waals surface area contributed by atoms with Crippen LogP contribution in [0.3, 0.4) is 0 Å². The van der Waals surface area contributed by atoms with Gasteiger partial charge in [0.05, 0.1) is 10.5 Å². The Labute approximate surface area is 159 Å². The molecule has 152 valence electrons. The summed E-state index contributed by atoms with van der Waals surface area (Å²) in [5.74, 6) is -2.35. The largest absolute Gasteiger partial charge is 0.417 e. The number of nitrogens with two attached hydrogens (primary N) is 1. The molecule has 0 aliphatic carbocycles. The van der Waals surface area contributed by atoms with E-state index >= 15 is 0 Å². The summed E-state index contributed by atoms with van der Waals surface area (Å²) in [5.41, 5.74) is 4.29. The highest BCUT2D eigenvalue weighted by atomic mass is 17.0. The standard InChI is InChI=1S/C16H20N4O8/c1-9(28-20(25)26)8-10-5-6-11(15(17)21)14(13(10)19(23)24)27-16(22)12-4-2-3-7-18-12/h5-6,9,12,18H,2-4,7-8H2,1H3,(H2,17,21). The quantitative estimate of drug-likeness (QED) is 0.279. The molecule has 1 aromatic carbocycles. The van der Waals surface area contributed by atoms with Crippen LogP contribution in [0.25, 0.3) is 0 Å². The van der Waals surface area contributed by atoms with Gasteiger partial charge < -0.3 is 20.6 Å². The summed E-state index contributed by atoms with van der Waals surface area (Å²) in [6.45, 7) is 1.95. The summed E-state index contributed by atoms with van der Waals surface area (Å²) in [5, 5.41) is 24.1. The van der Waals surface area contributed by atoms with Crippen molar-refractivity contribution >= 4 is 17.6 Å². The van der Waals surface area contributed by atoms with Crippen LogP contribution < -0.4 is 15.8 Å². The van der Waals surface area contributed by atoms with Crippen molar-refractivity contribution in [1.29, 1.82) is 0 Å². The van der Waals surface area contributed by atoms with Crippen LogP contribution in [0.4, 0.5) is 5.69 Å². The number of nitro benzene ring substituents is 1. The second-order valence-corrected chi connectivity index (χ2v) is 6.34. The Hall–Kier alpha value is -3.28. The summed E-state index contributed by atoms with van der Waals surface area (Å²) in [7, 11) is 0. The molecule has 0 aromatic heterocycles. The lowest BCUT2D eigenvalue weighted by Gasteiger charge is -2.22. The zero-order valence-electron chi connectivity index (χ0n) is 15.1. The van der Waals surface area contributed by atoms with Crippen molar-refractivity contribution in [2.45, 2.75) is 44.8 Å². The van der Waals surface area contributed by atoms with Crippen LogP contribution >= 0.6 is 0 Å². The van der Waals surface area contributed by atoms with E-state index in [2.05, 4.69) is 10.2 Å². The number of amides is 1. The Kier molecular flexibility index (Phi) is 6.82. The van der Waals surface area contributed by atoms with Crippen molar-refractivity contribution in [3.63, 3.8) is 0 Å². The Balaban J connectivity index is 2.42.